The Bertz CT molecular complexity index is 762. The van der Waals surface area contributed by atoms with E-state index < -0.39 is 0 Å². The highest BCUT2D eigenvalue weighted by Crippen LogP contribution is 2.34. The summed E-state index contributed by atoms with van der Waals surface area (Å²) in [6.07, 6.45) is 6.33. The predicted molar refractivity (Wildman–Crippen MR) is 102 cm³/mol. The van der Waals surface area contributed by atoms with Crippen LogP contribution in [0.2, 0.25) is 0 Å². The number of nitrogens with one attached hydrogen (secondary N) is 1. The average molecular weight is 419 g/mol. The van der Waals surface area contributed by atoms with E-state index in [0.29, 0.717) is 17.8 Å². The number of hydrogen-bond acceptors (Lipinski definition) is 4. The SMILES string of the molecule is CN1C2CCC1CC(NC(=O)c1ccn(COc3ccc(Br)cc3)n1)C2. The van der Waals surface area contributed by atoms with Crippen molar-refractivity contribution < 1.29 is 9.53 Å². The van der Waals surface area contributed by atoms with E-state index in [4.69, 9.17) is 4.74 Å². The van der Waals surface area contributed by atoms with Crippen LogP contribution in [0.3, 0.4) is 0 Å². The number of ether oxygens (including phenoxy) is 1. The summed E-state index contributed by atoms with van der Waals surface area (Å²) in [6.45, 7) is 0.271. The number of rotatable bonds is 5. The standard InChI is InChI=1S/C19H23BrN4O2/c1-23-15-4-5-16(23)11-14(10-15)21-19(25)18-8-9-24(22-18)12-26-17-6-2-13(20)3-7-17/h2-3,6-9,14-16H,4-5,10-12H2,1H3,(H,21,25). The Kier molecular flexibility index (Phi) is 5.00. The summed E-state index contributed by atoms with van der Waals surface area (Å²) >= 11 is 3.40. The molecule has 2 aliphatic rings. The first-order valence-electron chi connectivity index (χ1n) is 9.03. The van der Waals surface area contributed by atoms with Gasteiger partial charge in [-0.05, 0) is 63.1 Å². The van der Waals surface area contributed by atoms with Crippen LogP contribution >= 0.6 is 15.9 Å². The molecule has 2 saturated heterocycles. The molecule has 2 aliphatic heterocycles. The molecule has 2 unspecified atom stereocenters. The lowest BCUT2D eigenvalue weighted by atomic mass is 9.98. The van der Waals surface area contributed by atoms with E-state index in [1.54, 1.807) is 16.9 Å². The molecule has 2 aromatic rings. The molecule has 7 heteroatoms. The summed E-state index contributed by atoms with van der Waals surface area (Å²) in [5, 5.41) is 7.50. The number of fused-ring (bicyclic) bond motifs is 2. The first-order chi connectivity index (χ1) is 12.6. The van der Waals surface area contributed by atoms with Gasteiger partial charge in [0.15, 0.2) is 6.73 Å². The fourth-order valence-electron chi connectivity index (χ4n) is 4.01. The van der Waals surface area contributed by atoms with Gasteiger partial charge in [-0.15, -0.1) is 0 Å². The van der Waals surface area contributed by atoms with E-state index in [2.05, 4.69) is 38.3 Å². The molecule has 138 valence electrons. The van der Waals surface area contributed by atoms with Gasteiger partial charge in [-0.25, -0.2) is 4.68 Å². The van der Waals surface area contributed by atoms with Gasteiger partial charge >= 0.3 is 0 Å². The third kappa shape index (κ3) is 3.78. The van der Waals surface area contributed by atoms with Gasteiger partial charge in [0.1, 0.15) is 11.4 Å². The van der Waals surface area contributed by atoms with E-state index >= 15 is 0 Å². The van der Waals surface area contributed by atoms with Crippen molar-refractivity contribution in [3.8, 4) is 5.75 Å². The van der Waals surface area contributed by atoms with Gasteiger partial charge in [0.25, 0.3) is 5.91 Å². The van der Waals surface area contributed by atoms with Crippen molar-refractivity contribution in [3.63, 3.8) is 0 Å². The number of carbonyl (C=O) groups is 1. The molecule has 1 aromatic heterocycles. The molecule has 1 amide bonds. The normalized spacial score (nSPS) is 25.2. The first-order valence-corrected chi connectivity index (χ1v) is 9.82. The van der Waals surface area contributed by atoms with Crippen LogP contribution < -0.4 is 10.1 Å². The number of carbonyl (C=O) groups excluding carboxylic acids is 1. The minimum atomic E-state index is -0.0960. The van der Waals surface area contributed by atoms with Gasteiger partial charge in [0.05, 0.1) is 0 Å². The highest BCUT2D eigenvalue weighted by atomic mass is 79.9. The number of hydrogen-bond donors (Lipinski definition) is 1. The van der Waals surface area contributed by atoms with Crippen molar-refractivity contribution in [2.45, 2.75) is 50.5 Å². The fraction of sp³-hybridized carbons (Fsp3) is 0.474. The number of amides is 1. The van der Waals surface area contributed by atoms with Crippen molar-refractivity contribution in [1.82, 2.24) is 20.0 Å². The Labute approximate surface area is 161 Å². The van der Waals surface area contributed by atoms with Crippen molar-refractivity contribution in [2.24, 2.45) is 0 Å². The third-order valence-electron chi connectivity index (χ3n) is 5.48. The van der Waals surface area contributed by atoms with Crippen molar-refractivity contribution in [2.75, 3.05) is 7.05 Å². The van der Waals surface area contributed by atoms with Gasteiger partial charge in [0, 0.05) is 28.8 Å². The molecule has 1 N–H and O–H groups in total. The third-order valence-corrected chi connectivity index (χ3v) is 6.01. The van der Waals surface area contributed by atoms with E-state index in [0.717, 1.165) is 23.1 Å². The molecule has 4 rings (SSSR count). The van der Waals surface area contributed by atoms with Gasteiger partial charge < -0.3 is 15.0 Å². The Morgan fingerprint density at radius 3 is 2.62 bits per heavy atom. The Morgan fingerprint density at radius 2 is 1.92 bits per heavy atom. The van der Waals surface area contributed by atoms with E-state index in [1.807, 2.05) is 24.3 Å². The fourth-order valence-corrected chi connectivity index (χ4v) is 4.28. The zero-order chi connectivity index (χ0) is 18.1. The summed E-state index contributed by atoms with van der Waals surface area (Å²) in [4.78, 5) is 15.0. The van der Waals surface area contributed by atoms with Gasteiger partial charge in [-0.2, -0.15) is 5.10 Å². The molecule has 0 saturated carbocycles. The molecule has 0 aliphatic carbocycles. The summed E-state index contributed by atoms with van der Waals surface area (Å²) in [5.74, 6) is 0.665. The highest BCUT2D eigenvalue weighted by Gasteiger charge is 2.38. The van der Waals surface area contributed by atoms with Crippen molar-refractivity contribution in [3.05, 3.63) is 46.7 Å². The van der Waals surface area contributed by atoms with Gasteiger partial charge in [-0.3, -0.25) is 4.79 Å². The lowest BCUT2D eigenvalue weighted by Gasteiger charge is -2.36. The average Bonchev–Trinajstić information content (AvgIpc) is 3.17. The summed E-state index contributed by atoms with van der Waals surface area (Å²) in [7, 11) is 2.20. The van der Waals surface area contributed by atoms with Crippen LogP contribution in [0.4, 0.5) is 0 Å². The van der Waals surface area contributed by atoms with E-state index in [1.165, 1.54) is 12.8 Å². The maximum atomic E-state index is 12.5. The number of halogens is 1. The minimum Gasteiger partial charge on any atom is -0.471 e. The topological polar surface area (TPSA) is 59.4 Å². The Morgan fingerprint density at radius 1 is 1.23 bits per heavy atom. The maximum Gasteiger partial charge on any atom is 0.271 e. The number of piperidine rings is 1. The molecular weight excluding hydrogens is 396 g/mol. The van der Waals surface area contributed by atoms with Crippen LogP contribution in [0.5, 0.6) is 5.75 Å². The van der Waals surface area contributed by atoms with Gasteiger partial charge in [-0.1, -0.05) is 15.9 Å². The molecule has 0 radical (unpaired) electrons. The number of benzene rings is 1. The smallest absolute Gasteiger partial charge is 0.271 e. The van der Waals surface area contributed by atoms with Crippen LogP contribution in [0.1, 0.15) is 36.2 Å². The number of aromatic nitrogens is 2. The molecule has 2 fully saturated rings. The molecule has 26 heavy (non-hydrogen) atoms. The Balaban J connectivity index is 1.31. The second-order valence-electron chi connectivity index (χ2n) is 7.16. The molecular formula is C19H23BrN4O2. The summed E-state index contributed by atoms with van der Waals surface area (Å²) in [5.41, 5.74) is 0.440. The maximum absolute atomic E-state index is 12.5. The van der Waals surface area contributed by atoms with Crippen LogP contribution in [-0.2, 0) is 6.73 Å². The molecule has 1 aromatic carbocycles. The zero-order valence-corrected chi connectivity index (χ0v) is 16.4. The predicted octanol–water partition coefficient (Wildman–Crippen LogP) is 3.04. The molecule has 6 nitrogen and oxygen atoms in total. The van der Waals surface area contributed by atoms with E-state index in [9.17, 15) is 4.79 Å². The summed E-state index contributed by atoms with van der Waals surface area (Å²) in [6, 6.07) is 10.8. The molecule has 0 spiro atoms. The van der Waals surface area contributed by atoms with Crippen LogP contribution in [0.15, 0.2) is 41.0 Å². The van der Waals surface area contributed by atoms with Crippen LogP contribution in [0, 0.1) is 0 Å². The highest BCUT2D eigenvalue weighted by molar-refractivity contribution is 9.10. The zero-order valence-electron chi connectivity index (χ0n) is 14.8. The second kappa shape index (κ2) is 7.40. The lowest BCUT2D eigenvalue weighted by Crippen LogP contribution is -2.48. The molecule has 2 bridgehead atoms. The molecule has 2 atom stereocenters. The largest absolute Gasteiger partial charge is 0.471 e. The lowest BCUT2D eigenvalue weighted by molar-refractivity contribution is 0.0875. The minimum absolute atomic E-state index is 0.0960. The van der Waals surface area contributed by atoms with Crippen molar-refractivity contribution >= 4 is 21.8 Å². The van der Waals surface area contributed by atoms with Crippen LogP contribution in [0.25, 0.3) is 0 Å². The van der Waals surface area contributed by atoms with E-state index in [-0.39, 0.29) is 18.7 Å². The second-order valence-corrected chi connectivity index (χ2v) is 8.08. The van der Waals surface area contributed by atoms with Gasteiger partial charge in [0.2, 0.25) is 0 Å². The first kappa shape index (κ1) is 17.5. The monoisotopic (exact) mass is 418 g/mol. The van der Waals surface area contributed by atoms with Crippen molar-refractivity contribution in [1.29, 1.82) is 0 Å². The Hall–Kier alpha value is -1.86. The quantitative estimate of drug-likeness (QED) is 0.810. The number of nitrogens with zero attached hydrogens (tertiary/aromatic N) is 3. The van der Waals surface area contributed by atoms with Crippen LogP contribution in [-0.4, -0.2) is 45.8 Å². The summed E-state index contributed by atoms with van der Waals surface area (Å²) < 4.78 is 8.32. The molecule has 3 heterocycles.